The zero-order valence-electron chi connectivity index (χ0n) is 15.1. The van der Waals surface area contributed by atoms with Crippen molar-refractivity contribution in [1.29, 1.82) is 0 Å². The van der Waals surface area contributed by atoms with E-state index in [0.29, 0.717) is 24.7 Å². The summed E-state index contributed by atoms with van der Waals surface area (Å²) in [6.07, 6.45) is 10.4. The summed E-state index contributed by atoms with van der Waals surface area (Å²) in [7, 11) is 0. The van der Waals surface area contributed by atoms with Crippen molar-refractivity contribution in [2.24, 2.45) is 11.8 Å². The molecule has 0 N–H and O–H groups in total. The molecule has 0 radical (unpaired) electrons. The predicted molar refractivity (Wildman–Crippen MR) is 94.9 cm³/mol. The summed E-state index contributed by atoms with van der Waals surface area (Å²) in [5.41, 5.74) is 0.338. The average Bonchev–Trinajstić information content (AvgIpc) is 2.66. The van der Waals surface area contributed by atoms with Crippen molar-refractivity contribution in [2.45, 2.75) is 58.0 Å². The molecule has 4 heteroatoms. The molecule has 2 aliphatic rings. The quantitative estimate of drug-likeness (QED) is 0.642. The van der Waals surface area contributed by atoms with Crippen molar-refractivity contribution >= 4 is 0 Å². The van der Waals surface area contributed by atoms with E-state index in [4.69, 9.17) is 9.47 Å². The first-order valence-corrected chi connectivity index (χ1v) is 9.54. The Hall–Kier alpha value is -1.42. The molecule has 1 aromatic rings. The summed E-state index contributed by atoms with van der Waals surface area (Å²) < 4.78 is 39.6. The fourth-order valence-electron chi connectivity index (χ4n) is 4.08. The van der Waals surface area contributed by atoms with Gasteiger partial charge in [0.05, 0.1) is 19.3 Å². The molecular formula is C21H28F2O2. The lowest BCUT2D eigenvalue weighted by Crippen LogP contribution is -2.30. The highest BCUT2D eigenvalue weighted by Gasteiger charge is 2.30. The summed E-state index contributed by atoms with van der Waals surface area (Å²) in [6.45, 7) is 4.72. The third-order valence-electron chi connectivity index (χ3n) is 5.71. The van der Waals surface area contributed by atoms with Gasteiger partial charge in [0.1, 0.15) is 0 Å². The lowest BCUT2D eigenvalue weighted by molar-refractivity contribution is 0.0144. The second-order valence-electron chi connectivity index (χ2n) is 7.19. The van der Waals surface area contributed by atoms with E-state index in [2.05, 4.69) is 13.0 Å². The second kappa shape index (κ2) is 8.31. The first-order chi connectivity index (χ1) is 12.1. The molecule has 25 heavy (non-hydrogen) atoms. The van der Waals surface area contributed by atoms with E-state index < -0.39 is 11.6 Å². The number of ether oxygens (including phenoxy) is 2. The molecule has 2 unspecified atom stereocenters. The maximum Gasteiger partial charge on any atom is 0.200 e. The average molecular weight is 350 g/mol. The molecule has 1 aromatic carbocycles. The summed E-state index contributed by atoms with van der Waals surface area (Å²) in [5.74, 6) is -0.596. The van der Waals surface area contributed by atoms with Gasteiger partial charge in [0.25, 0.3) is 0 Å². The third kappa shape index (κ3) is 4.05. The molecular weight excluding hydrogens is 322 g/mol. The zero-order valence-corrected chi connectivity index (χ0v) is 15.1. The molecule has 0 saturated heterocycles. The van der Waals surface area contributed by atoms with Crippen molar-refractivity contribution in [1.82, 2.24) is 0 Å². The molecule has 1 saturated carbocycles. The van der Waals surface area contributed by atoms with Gasteiger partial charge in [-0.05, 0) is 37.7 Å². The Balaban J connectivity index is 1.66. The Morgan fingerprint density at radius 3 is 2.40 bits per heavy atom. The van der Waals surface area contributed by atoms with Crippen LogP contribution in [-0.4, -0.2) is 19.3 Å². The highest BCUT2D eigenvalue weighted by molar-refractivity contribution is 5.35. The van der Waals surface area contributed by atoms with Crippen LogP contribution in [0.25, 0.3) is 0 Å². The topological polar surface area (TPSA) is 18.5 Å². The van der Waals surface area contributed by atoms with E-state index in [1.807, 2.05) is 6.08 Å². The summed E-state index contributed by atoms with van der Waals surface area (Å²) in [5, 5.41) is 0. The summed E-state index contributed by atoms with van der Waals surface area (Å²) >= 11 is 0. The summed E-state index contributed by atoms with van der Waals surface area (Å²) in [6, 6.07) is 3.11. The van der Waals surface area contributed by atoms with E-state index in [1.54, 1.807) is 13.0 Å². The van der Waals surface area contributed by atoms with E-state index in [1.165, 1.54) is 38.2 Å². The van der Waals surface area contributed by atoms with Gasteiger partial charge in [-0.1, -0.05) is 44.4 Å². The summed E-state index contributed by atoms with van der Waals surface area (Å²) in [4.78, 5) is 0. The van der Waals surface area contributed by atoms with E-state index in [9.17, 15) is 8.78 Å². The lowest BCUT2D eigenvalue weighted by atomic mass is 9.77. The third-order valence-corrected chi connectivity index (χ3v) is 5.71. The van der Waals surface area contributed by atoms with Gasteiger partial charge in [0, 0.05) is 11.5 Å². The highest BCUT2D eigenvalue weighted by Crippen LogP contribution is 2.37. The minimum Gasteiger partial charge on any atom is -0.491 e. The van der Waals surface area contributed by atoms with Gasteiger partial charge in [0.2, 0.25) is 5.82 Å². The van der Waals surface area contributed by atoms with Gasteiger partial charge in [-0.2, -0.15) is 4.39 Å². The van der Waals surface area contributed by atoms with Crippen LogP contribution in [0.15, 0.2) is 24.3 Å². The Labute approximate surface area is 149 Å². The standard InChI is InChI=1S/C21H28F2O2/c1-3-14-5-7-15(8-6-14)18-11-9-16(13-25-18)17-10-12-19(24-4-2)21(23)20(17)22/h9-12,14-16,18H,3-8,13H2,1-2H3. The normalized spacial score (nSPS) is 29.6. The number of hydrogen-bond donors (Lipinski definition) is 0. The van der Waals surface area contributed by atoms with Gasteiger partial charge >= 0.3 is 0 Å². The van der Waals surface area contributed by atoms with Crippen LogP contribution in [-0.2, 0) is 4.74 Å². The Morgan fingerprint density at radius 2 is 1.80 bits per heavy atom. The SMILES string of the molecule is CCOc1ccc(C2C=CC(C3CCC(CC)CC3)OC2)c(F)c1F. The van der Waals surface area contributed by atoms with Crippen molar-refractivity contribution in [3.63, 3.8) is 0 Å². The van der Waals surface area contributed by atoms with Crippen LogP contribution in [0.3, 0.4) is 0 Å². The van der Waals surface area contributed by atoms with Gasteiger partial charge in [0.15, 0.2) is 11.6 Å². The Kier molecular flexibility index (Phi) is 6.10. The number of halogens is 2. The highest BCUT2D eigenvalue weighted by atomic mass is 19.2. The molecule has 1 aliphatic heterocycles. The molecule has 1 heterocycles. The molecule has 0 bridgehead atoms. The molecule has 2 atom stereocenters. The number of hydrogen-bond acceptors (Lipinski definition) is 2. The van der Waals surface area contributed by atoms with Crippen molar-refractivity contribution in [2.75, 3.05) is 13.2 Å². The lowest BCUT2D eigenvalue weighted by Gasteiger charge is -2.35. The van der Waals surface area contributed by atoms with Crippen LogP contribution in [0.5, 0.6) is 5.75 Å². The van der Waals surface area contributed by atoms with Crippen molar-refractivity contribution in [3.05, 3.63) is 41.5 Å². The fraction of sp³-hybridized carbons (Fsp3) is 0.619. The molecule has 0 amide bonds. The van der Waals surface area contributed by atoms with Gasteiger partial charge in [-0.3, -0.25) is 0 Å². The van der Waals surface area contributed by atoms with Crippen LogP contribution in [0.1, 0.15) is 57.4 Å². The smallest absolute Gasteiger partial charge is 0.200 e. The van der Waals surface area contributed by atoms with Gasteiger partial charge in [-0.15, -0.1) is 0 Å². The van der Waals surface area contributed by atoms with E-state index in [-0.39, 0.29) is 17.8 Å². The molecule has 0 aromatic heterocycles. The first-order valence-electron chi connectivity index (χ1n) is 9.54. The van der Waals surface area contributed by atoms with E-state index in [0.717, 1.165) is 5.92 Å². The maximum absolute atomic E-state index is 14.4. The molecule has 138 valence electrons. The Morgan fingerprint density at radius 1 is 1.04 bits per heavy atom. The predicted octanol–water partition coefficient (Wildman–Crippen LogP) is 5.62. The monoisotopic (exact) mass is 350 g/mol. The van der Waals surface area contributed by atoms with Gasteiger partial charge < -0.3 is 9.47 Å². The molecule has 0 spiro atoms. The Bertz CT molecular complexity index is 606. The molecule has 1 fully saturated rings. The first kappa shape index (κ1) is 18.4. The number of rotatable bonds is 5. The fourth-order valence-corrected chi connectivity index (χ4v) is 4.08. The zero-order chi connectivity index (χ0) is 17.8. The van der Waals surface area contributed by atoms with Crippen LogP contribution in [0, 0.1) is 23.5 Å². The van der Waals surface area contributed by atoms with Crippen LogP contribution < -0.4 is 4.74 Å². The molecule has 1 aliphatic carbocycles. The molecule has 3 rings (SSSR count). The van der Waals surface area contributed by atoms with Crippen molar-refractivity contribution < 1.29 is 18.3 Å². The minimum atomic E-state index is -0.909. The number of benzene rings is 1. The molecule has 2 nitrogen and oxygen atoms in total. The minimum absolute atomic E-state index is 0.0324. The van der Waals surface area contributed by atoms with E-state index >= 15 is 0 Å². The van der Waals surface area contributed by atoms with Gasteiger partial charge in [-0.25, -0.2) is 4.39 Å². The maximum atomic E-state index is 14.4. The second-order valence-corrected chi connectivity index (χ2v) is 7.19. The van der Waals surface area contributed by atoms with Crippen LogP contribution >= 0.6 is 0 Å². The largest absolute Gasteiger partial charge is 0.491 e. The van der Waals surface area contributed by atoms with Crippen LogP contribution in [0.4, 0.5) is 8.78 Å². The van der Waals surface area contributed by atoms with Crippen LogP contribution in [0.2, 0.25) is 0 Å². The van der Waals surface area contributed by atoms with Crippen molar-refractivity contribution in [3.8, 4) is 5.75 Å².